The smallest absolute Gasteiger partial charge is 0.222 e. The van der Waals surface area contributed by atoms with Crippen LogP contribution in [0.15, 0.2) is 0 Å². The SMILES string of the molecule is CCCC(C)C(=O)NCC1(CO)CCCC1. The maximum atomic E-state index is 11.8. The zero-order chi connectivity index (χ0) is 12.0. The van der Waals surface area contributed by atoms with Crippen LogP contribution in [0.5, 0.6) is 0 Å². The Kier molecular flexibility index (Phi) is 5.26. The van der Waals surface area contributed by atoms with Crippen LogP contribution >= 0.6 is 0 Å². The Labute approximate surface area is 98.6 Å². The molecule has 1 rings (SSSR count). The van der Waals surface area contributed by atoms with Gasteiger partial charge in [0.05, 0.1) is 6.61 Å². The minimum atomic E-state index is -0.0262. The molecular weight excluding hydrogens is 202 g/mol. The van der Waals surface area contributed by atoms with E-state index in [2.05, 4.69) is 12.2 Å². The minimum absolute atomic E-state index is 0.0262. The van der Waals surface area contributed by atoms with Gasteiger partial charge in [0, 0.05) is 17.9 Å². The number of carbonyl (C=O) groups excluding carboxylic acids is 1. The summed E-state index contributed by atoms with van der Waals surface area (Å²) in [7, 11) is 0. The van der Waals surface area contributed by atoms with E-state index >= 15 is 0 Å². The van der Waals surface area contributed by atoms with E-state index in [1.165, 1.54) is 12.8 Å². The van der Waals surface area contributed by atoms with Gasteiger partial charge in [0.15, 0.2) is 0 Å². The van der Waals surface area contributed by atoms with Gasteiger partial charge in [-0.2, -0.15) is 0 Å². The monoisotopic (exact) mass is 227 g/mol. The lowest BCUT2D eigenvalue weighted by Gasteiger charge is -2.27. The summed E-state index contributed by atoms with van der Waals surface area (Å²) in [5, 5.41) is 12.4. The maximum Gasteiger partial charge on any atom is 0.222 e. The number of aliphatic hydroxyl groups is 1. The summed E-state index contributed by atoms with van der Waals surface area (Å²) in [6, 6.07) is 0. The summed E-state index contributed by atoms with van der Waals surface area (Å²) in [5.41, 5.74) is -0.0262. The molecule has 16 heavy (non-hydrogen) atoms. The quantitative estimate of drug-likeness (QED) is 0.730. The molecule has 0 radical (unpaired) electrons. The zero-order valence-corrected chi connectivity index (χ0v) is 10.6. The van der Waals surface area contributed by atoms with E-state index in [1.54, 1.807) is 0 Å². The molecule has 1 fully saturated rings. The lowest BCUT2D eigenvalue weighted by Crippen LogP contribution is -2.40. The van der Waals surface area contributed by atoms with E-state index in [0.29, 0.717) is 6.54 Å². The van der Waals surface area contributed by atoms with Crippen LogP contribution in [-0.2, 0) is 4.79 Å². The Morgan fingerprint density at radius 3 is 2.56 bits per heavy atom. The Bertz CT molecular complexity index is 222. The Morgan fingerprint density at radius 1 is 1.44 bits per heavy atom. The van der Waals surface area contributed by atoms with Crippen molar-refractivity contribution in [1.82, 2.24) is 5.32 Å². The van der Waals surface area contributed by atoms with E-state index in [1.807, 2.05) is 6.92 Å². The maximum absolute atomic E-state index is 11.8. The first kappa shape index (κ1) is 13.5. The van der Waals surface area contributed by atoms with Crippen molar-refractivity contribution in [2.24, 2.45) is 11.3 Å². The molecule has 3 heteroatoms. The van der Waals surface area contributed by atoms with Crippen molar-refractivity contribution in [3.63, 3.8) is 0 Å². The van der Waals surface area contributed by atoms with Gasteiger partial charge in [-0.25, -0.2) is 0 Å². The van der Waals surface area contributed by atoms with Crippen LogP contribution in [0.3, 0.4) is 0 Å². The second-order valence-electron chi connectivity index (χ2n) is 5.27. The predicted octanol–water partition coefficient (Wildman–Crippen LogP) is 2.09. The second-order valence-corrected chi connectivity index (χ2v) is 5.27. The van der Waals surface area contributed by atoms with Gasteiger partial charge in [-0.15, -0.1) is 0 Å². The normalized spacial score (nSPS) is 20.7. The lowest BCUT2D eigenvalue weighted by molar-refractivity contribution is -0.125. The summed E-state index contributed by atoms with van der Waals surface area (Å²) in [6.45, 7) is 4.92. The van der Waals surface area contributed by atoms with Gasteiger partial charge >= 0.3 is 0 Å². The van der Waals surface area contributed by atoms with E-state index in [-0.39, 0.29) is 23.8 Å². The Hall–Kier alpha value is -0.570. The third-order valence-electron chi connectivity index (χ3n) is 3.81. The largest absolute Gasteiger partial charge is 0.396 e. The Balaban J connectivity index is 2.35. The second kappa shape index (κ2) is 6.24. The fourth-order valence-corrected chi connectivity index (χ4v) is 2.53. The third kappa shape index (κ3) is 3.48. The highest BCUT2D eigenvalue weighted by Gasteiger charge is 2.33. The third-order valence-corrected chi connectivity index (χ3v) is 3.81. The molecule has 0 aromatic heterocycles. The van der Waals surface area contributed by atoms with Gasteiger partial charge in [-0.3, -0.25) is 4.79 Å². The topological polar surface area (TPSA) is 49.3 Å². The van der Waals surface area contributed by atoms with E-state index in [9.17, 15) is 9.90 Å². The average Bonchev–Trinajstić information content (AvgIpc) is 2.75. The van der Waals surface area contributed by atoms with Gasteiger partial charge in [0.2, 0.25) is 5.91 Å². The number of carbonyl (C=O) groups is 1. The molecule has 1 aliphatic rings. The van der Waals surface area contributed by atoms with Crippen LogP contribution in [-0.4, -0.2) is 24.2 Å². The zero-order valence-electron chi connectivity index (χ0n) is 10.6. The van der Waals surface area contributed by atoms with Crippen LogP contribution in [0.1, 0.15) is 52.4 Å². The van der Waals surface area contributed by atoms with E-state index in [0.717, 1.165) is 25.7 Å². The number of hydrogen-bond donors (Lipinski definition) is 2. The molecule has 2 N–H and O–H groups in total. The van der Waals surface area contributed by atoms with Crippen molar-refractivity contribution in [1.29, 1.82) is 0 Å². The number of rotatable bonds is 6. The predicted molar refractivity (Wildman–Crippen MR) is 65.1 cm³/mol. The van der Waals surface area contributed by atoms with Gasteiger partial charge in [-0.05, 0) is 19.3 Å². The number of nitrogens with one attached hydrogen (secondary N) is 1. The number of aliphatic hydroxyl groups excluding tert-OH is 1. The highest BCUT2D eigenvalue weighted by Crippen LogP contribution is 2.36. The molecule has 0 aromatic carbocycles. The molecular formula is C13H25NO2. The first-order chi connectivity index (χ1) is 7.63. The first-order valence-electron chi connectivity index (χ1n) is 6.52. The summed E-state index contributed by atoms with van der Waals surface area (Å²) < 4.78 is 0. The summed E-state index contributed by atoms with van der Waals surface area (Å²) in [6.07, 6.45) is 6.44. The molecule has 0 aromatic rings. The van der Waals surface area contributed by atoms with Gasteiger partial charge in [0.25, 0.3) is 0 Å². The highest BCUT2D eigenvalue weighted by molar-refractivity contribution is 5.78. The van der Waals surface area contributed by atoms with Crippen LogP contribution in [0.4, 0.5) is 0 Å². The van der Waals surface area contributed by atoms with E-state index < -0.39 is 0 Å². The highest BCUT2D eigenvalue weighted by atomic mass is 16.3. The summed E-state index contributed by atoms with van der Waals surface area (Å²) in [4.78, 5) is 11.8. The molecule has 94 valence electrons. The van der Waals surface area contributed by atoms with Crippen molar-refractivity contribution in [2.45, 2.75) is 52.4 Å². The molecule has 0 spiro atoms. The molecule has 0 saturated heterocycles. The molecule has 3 nitrogen and oxygen atoms in total. The van der Waals surface area contributed by atoms with Crippen LogP contribution in [0.2, 0.25) is 0 Å². The molecule has 1 amide bonds. The summed E-state index contributed by atoms with van der Waals surface area (Å²) >= 11 is 0. The minimum Gasteiger partial charge on any atom is -0.396 e. The molecule has 0 aliphatic heterocycles. The Morgan fingerprint density at radius 2 is 2.06 bits per heavy atom. The van der Waals surface area contributed by atoms with Crippen LogP contribution in [0, 0.1) is 11.3 Å². The van der Waals surface area contributed by atoms with Crippen LogP contribution in [0.25, 0.3) is 0 Å². The average molecular weight is 227 g/mol. The number of amides is 1. The standard InChI is InChI=1S/C13H25NO2/c1-3-6-11(2)12(16)14-9-13(10-15)7-4-5-8-13/h11,15H,3-10H2,1-2H3,(H,14,16). The fourth-order valence-electron chi connectivity index (χ4n) is 2.53. The van der Waals surface area contributed by atoms with Crippen molar-refractivity contribution in [3.8, 4) is 0 Å². The van der Waals surface area contributed by atoms with Crippen molar-refractivity contribution in [2.75, 3.05) is 13.2 Å². The molecule has 1 saturated carbocycles. The molecule has 1 unspecified atom stereocenters. The summed E-state index contributed by atoms with van der Waals surface area (Å²) in [5.74, 6) is 0.240. The molecule has 1 atom stereocenters. The van der Waals surface area contributed by atoms with E-state index in [4.69, 9.17) is 0 Å². The van der Waals surface area contributed by atoms with Gasteiger partial charge in [0.1, 0.15) is 0 Å². The van der Waals surface area contributed by atoms with Gasteiger partial charge in [-0.1, -0.05) is 33.1 Å². The van der Waals surface area contributed by atoms with Crippen molar-refractivity contribution < 1.29 is 9.90 Å². The van der Waals surface area contributed by atoms with Crippen molar-refractivity contribution in [3.05, 3.63) is 0 Å². The van der Waals surface area contributed by atoms with Crippen molar-refractivity contribution >= 4 is 5.91 Å². The molecule has 0 heterocycles. The van der Waals surface area contributed by atoms with Crippen LogP contribution < -0.4 is 5.32 Å². The fraction of sp³-hybridized carbons (Fsp3) is 0.923. The first-order valence-corrected chi connectivity index (χ1v) is 6.52. The van der Waals surface area contributed by atoms with Gasteiger partial charge < -0.3 is 10.4 Å². The molecule has 0 bridgehead atoms. The molecule has 1 aliphatic carbocycles. The number of hydrogen-bond acceptors (Lipinski definition) is 2. The lowest BCUT2D eigenvalue weighted by atomic mass is 9.87.